The van der Waals surface area contributed by atoms with Crippen molar-refractivity contribution in [2.75, 3.05) is 0 Å². The predicted octanol–water partition coefficient (Wildman–Crippen LogP) is 3.23. The number of carbonyl (C=O) groups is 1. The van der Waals surface area contributed by atoms with E-state index in [2.05, 4.69) is 35.9 Å². The minimum atomic E-state index is 0.295. The summed E-state index contributed by atoms with van der Waals surface area (Å²) in [5, 5.41) is 0. The molecule has 86 valence electrons. The average Bonchev–Trinajstić information content (AvgIpc) is 2.74. The Bertz CT molecular complexity index is 554. The van der Waals surface area contributed by atoms with Gasteiger partial charge in [0.25, 0.3) is 0 Å². The molecule has 0 saturated carbocycles. The van der Waals surface area contributed by atoms with Crippen molar-refractivity contribution in [2.24, 2.45) is 0 Å². The fourth-order valence-electron chi connectivity index (χ4n) is 2.57. The monoisotopic (exact) mass is 225 g/mol. The molecule has 0 aliphatic carbocycles. The van der Waals surface area contributed by atoms with E-state index in [0.29, 0.717) is 24.7 Å². The summed E-state index contributed by atoms with van der Waals surface area (Å²) < 4.78 is 2.24. The summed E-state index contributed by atoms with van der Waals surface area (Å²) in [7, 11) is 0. The molecule has 1 aromatic heterocycles. The Labute approximate surface area is 101 Å². The van der Waals surface area contributed by atoms with Crippen LogP contribution in [0.25, 0.3) is 11.1 Å². The number of hydrogen-bond donors (Lipinski definition) is 0. The molecule has 0 N–H and O–H groups in total. The van der Waals surface area contributed by atoms with E-state index in [1.807, 2.05) is 18.2 Å². The van der Waals surface area contributed by atoms with Gasteiger partial charge in [-0.05, 0) is 24.1 Å². The maximum atomic E-state index is 11.6. The molecule has 0 spiro atoms. The van der Waals surface area contributed by atoms with Gasteiger partial charge in [0, 0.05) is 30.8 Å². The average molecular weight is 225 g/mol. The van der Waals surface area contributed by atoms with Crippen LogP contribution >= 0.6 is 0 Å². The number of rotatable bonds is 1. The van der Waals surface area contributed by atoms with E-state index in [9.17, 15) is 4.79 Å². The topological polar surface area (TPSA) is 22.0 Å². The molecular weight excluding hydrogens is 210 g/mol. The molecule has 2 nitrogen and oxygen atoms in total. The van der Waals surface area contributed by atoms with Crippen LogP contribution in [0.4, 0.5) is 0 Å². The van der Waals surface area contributed by atoms with Crippen molar-refractivity contribution in [2.45, 2.75) is 25.8 Å². The molecule has 0 bridgehead atoms. The first-order valence-electron chi connectivity index (χ1n) is 6.02. The van der Waals surface area contributed by atoms with Crippen molar-refractivity contribution in [3.05, 3.63) is 48.3 Å². The van der Waals surface area contributed by atoms with E-state index in [4.69, 9.17) is 0 Å². The number of hydrogen-bond acceptors (Lipinski definition) is 1. The first kappa shape index (κ1) is 10.3. The Morgan fingerprint density at radius 3 is 2.71 bits per heavy atom. The van der Waals surface area contributed by atoms with Crippen molar-refractivity contribution in [3.63, 3.8) is 0 Å². The summed E-state index contributed by atoms with van der Waals surface area (Å²) in [5.41, 5.74) is 3.57. The largest absolute Gasteiger partial charge is 0.347 e. The van der Waals surface area contributed by atoms with Gasteiger partial charge in [0.1, 0.15) is 5.78 Å². The molecule has 1 aliphatic rings. The summed E-state index contributed by atoms with van der Waals surface area (Å²) in [4.78, 5) is 11.6. The predicted molar refractivity (Wildman–Crippen MR) is 67.9 cm³/mol. The highest BCUT2D eigenvalue weighted by molar-refractivity contribution is 5.82. The molecule has 0 radical (unpaired) electrons. The Hall–Kier alpha value is -1.83. The Balaban J connectivity index is 2.05. The Morgan fingerprint density at radius 1 is 1.18 bits per heavy atom. The van der Waals surface area contributed by atoms with Gasteiger partial charge in [0.05, 0.1) is 0 Å². The molecule has 2 aromatic rings. The number of nitrogens with zero attached hydrogens (tertiary/aromatic N) is 1. The molecule has 1 aromatic carbocycles. The molecule has 1 unspecified atom stereocenters. The van der Waals surface area contributed by atoms with Crippen LogP contribution in [-0.4, -0.2) is 10.4 Å². The maximum absolute atomic E-state index is 11.6. The van der Waals surface area contributed by atoms with Crippen LogP contribution < -0.4 is 0 Å². The van der Waals surface area contributed by atoms with Crippen LogP contribution in [0.5, 0.6) is 0 Å². The summed E-state index contributed by atoms with van der Waals surface area (Å²) in [6.07, 6.45) is 3.41. The highest BCUT2D eigenvalue weighted by Gasteiger charge is 2.22. The lowest BCUT2D eigenvalue weighted by Gasteiger charge is -2.21. The zero-order chi connectivity index (χ0) is 11.8. The number of Topliss-reactive ketones (excluding diaryl/α,β-unsaturated/α-hetero) is 1. The number of fused-ring (bicyclic) bond motifs is 1. The summed E-state index contributed by atoms with van der Waals surface area (Å²) >= 11 is 0. The van der Waals surface area contributed by atoms with E-state index in [1.54, 1.807) is 0 Å². The van der Waals surface area contributed by atoms with Gasteiger partial charge in [-0.25, -0.2) is 0 Å². The van der Waals surface area contributed by atoms with Crippen LogP contribution in [-0.2, 0) is 11.2 Å². The van der Waals surface area contributed by atoms with E-state index in [0.717, 1.165) is 5.69 Å². The van der Waals surface area contributed by atoms with Gasteiger partial charge in [-0.2, -0.15) is 0 Å². The highest BCUT2D eigenvalue weighted by atomic mass is 16.1. The van der Waals surface area contributed by atoms with E-state index >= 15 is 0 Å². The quantitative estimate of drug-likeness (QED) is 0.730. The molecular formula is C15H15NO. The lowest BCUT2D eigenvalue weighted by Crippen LogP contribution is -2.21. The first-order valence-corrected chi connectivity index (χ1v) is 6.02. The third-order valence-electron chi connectivity index (χ3n) is 3.42. The van der Waals surface area contributed by atoms with Gasteiger partial charge in [-0.3, -0.25) is 4.79 Å². The maximum Gasteiger partial charge on any atom is 0.140 e. The molecule has 3 rings (SSSR count). The fourth-order valence-corrected chi connectivity index (χ4v) is 2.57. The molecule has 17 heavy (non-hydrogen) atoms. The molecule has 1 aliphatic heterocycles. The van der Waals surface area contributed by atoms with Gasteiger partial charge < -0.3 is 4.57 Å². The van der Waals surface area contributed by atoms with Gasteiger partial charge >= 0.3 is 0 Å². The third-order valence-corrected chi connectivity index (χ3v) is 3.42. The summed E-state index contributed by atoms with van der Waals surface area (Å²) in [5.74, 6) is 0.350. The summed E-state index contributed by atoms with van der Waals surface area (Å²) in [6.45, 7) is 2.11. The molecule has 0 saturated heterocycles. The van der Waals surface area contributed by atoms with Crippen LogP contribution in [0.15, 0.2) is 42.6 Å². The van der Waals surface area contributed by atoms with E-state index < -0.39 is 0 Å². The second-order valence-corrected chi connectivity index (χ2v) is 4.76. The van der Waals surface area contributed by atoms with Crippen LogP contribution in [0, 0.1) is 0 Å². The minimum absolute atomic E-state index is 0.295. The first-order chi connectivity index (χ1) is 8.24. The molecule has 2 heterocycles. The van der Waals surface area contributed by atoms with Crippen molar-refractivity contribution in [3.8, 4) is 11.1 Å². The normalized spacial score (nSPS) is 19.1. The highest BCUT2D eigenvalue weighted by Crippen LogP contribution is 2.29. The smallest absolute Gasteiger partial charge is 0.140 e. The molecule has 0 amide bonds. The summed E-state index contributed by atoms with van der Waals surface area (Å²) in [6, 6.07) is 12.8. The van der Waals surface area contributed by atoms with Gasteiger partial charge in [0.2, 0.25) is 0 Å². The number of ketones is 1. The zero-order valence-electron chi connectivity index (χ0n) is 9.89. The van der Waals surface area contributed by atoms with Crippen molar-refractivity contribution in [1.29, 1.82) is 0 Å². The molecule has 0 fully saturated rings. The molecule has 1 atom stereocenters. The number of benzene rings is 1. The minimum Gasteiger partial charge on any atom is -0.347 e. The fraction of sp³-hybridized carbons (Fsp3) is 0.267. The van der Waals surface area contributed by atoms with E-state index in [-0.39, 0.29) is 0 Å². The van der Waals surface area contributed by atoms with Crippen molar-refractivity contribution >= 4 is 5.78 Å². The lowest BCUT2D eigenvalue weighted by atomic mass is 10.0. The zero-order valence-corrected chi connectivity index (χ0v) is 9.89. The van der Waals surface area contributed by atoms with Crippen molar-refractivity contribution in [1.82, 2.24) is 4.57 Å². The SMILES string of the molecule is CC1CC(=O)Cc2cc(-c3ccccc3)cn21. The van der Waals surface area contributed by atoms with Gasteiger partial charge in [-0.15, -0.1) is 0 Å². The number of aromatic nitrogens is 1. The van der Waals surface area contributed by atoms with Crippen LogP contribution in [0.2, 0.25) is 0 Å². The standard InChI is InChI=1S/C15H15NO/c1-11-7-15(17)9-14-8-13(10-16(11)14)12-5-3-2-4-6-12/h2-6,8,10-11H,7,9H2,1H3. The second kappa shape index (κ2) is 3.88. The van der Waals surface area contributed by atoms with E-state index in [1.165, 1.54) is 11.1 Å². The van der Waals surface area contributed by atoms with Gasteiger partial charge in [-0.1, -0.05) is 30.3 Å². The Morgan fingerprint density at radius 2 is 1.94 bits per heavy atom. The lowest BCUT2D eigenvalue weighted by molar-refractivity contribution is -0.119. The number of carbonyl (C=O) groups excluding carboxylic acids is 1. The third kappa shape index (κ3) is 1.80. The Kier molecular flexibility index (Phi) is 2.36. The van der Waals surface area contributed by atoms with Crippen LogP contribution in [0.1, 0.15) is 25.1 Å². The molecule has 2 heteroatoms. The second-order valence-electron chi connectivity index (χ2n) is 4.76. The van der Waals surface area contributed by atoms with Gasteiger partial charge in [0.15, 0.2) is 0 Å². The van der Waals surface area contributed by atoms with Crippen LogP contribution in [0.3, 0.4) is 0 Å². The van der Waals surface area contributed by atoms with Crippen molar-refractivity contribution < 1.29 is 4.79 Å².